The predicted molar refractivity (Wildman–Crippen MR) is 84.7 cm³/mol. The molecule has 3 nitrogen and oxygen atoms in total. The number of nitrogens with zero attached hydrogens (tertiary/aromatic N) is 2. The Morgan fingerprint density at radius 1 is 1.47 bits per heavy atom. The van der Waals surface area contributed by atoms with E-state index >= 15 is 0 Å². The Labute approximate surface area is 127 Å². The molecule has 104 valence electrons. The van der Waals surface area contributed by atoms with Crippen molar-refractivity contribution in [1.82, 2.24) is 15.1 Å². The molecule has 0 aliphatic heterocycles. The first-order chi connectivity index (χ1) is 9.10. The number of aromatic nitrogens is 2. The average Bonchev–Trinajstić information content (AvgIpc) is 2.91. The summed E-state index contributed by atoms with van der Waals surface area (Å²) in [4.78, 5) is 0. The molecule has 0 saturated heterocycles. The summed E-state index contributed by atoms with van der Waals surface area (Å²) in [6, 6.07) is 4.74. The van der Waals surface area contributed by atoms with E-state index in [-0.39, 0.29) is 0 Å². The Morgan fingerprint density at radius 3 is 2.79 bits per heavy atom. The first kappa shape index (κ1) is 14.8. The third-order valence-corrected chi connectivity index (χ3v) is 4.67. The Kier molecular flexibility index (Phi) is 5.19. The van der Waals surface area contributed by atoms with Gasteiger partial charge in [-0.05, 0) is 58.9 Å². The van der Waals surface area contributed by atoms with Crippen LogP contribution in [0.1, 0.15) is 36.3 Å². The maximum absolute atomic E-state index is 4.43. The second kappa shape index (κ2) is 6.68. The van der Waals surface area contributed by atoms with E-state index in [1.54, 1.807) is 11.3 Å². The summed E-state index contributed by atoms with van der Waals surface area (Å²) in [5.74, 6) is 0. The van der Waals surface area contributed by atoms with E-state index < -0.39 is 0 Å². The van der Waals surface area contributed by atoms with E-state index in [1.807, 2.05) is 18.7 Å². The Balaban J connectivity index is 2.16. The Hall–Kier alpha value is -0.650. The van der Waals surface area contributed by atoms with Gasteiger partial charge in [-0.15, -0.1) is 11.3 Å². The van der Waals surface area contributed by atoms with Crippen LogP contribution in [0.15, 0.2) is 21.3 Å². The fourth-order valence-electron chi connectivity index (χ4n) is 2.20. The Morgan fingerprint density at radius 2 is 2.26 bits per heavy atom. The predicted octanol–water partition coefficient (Wildman–Crippen LogP) is 3.84. The molecule has 0 fully saturated rings. The lowest BCUT2D eigenvalue weighted by Crippen LogP contribution is -2.24. The number of hydrogen-bond acceptors (Lipinski definition) is 3. The van der Waals surface area contributed by atoms with E-state index in [0.717, 1.165) is 25.1 Å². The van der Waals surface area contributed by atoms with Crippen molar-refractivity contribution in [3.63, 3.8) is 0 Å². The van der Waals surface area contributed by atoms with E-state index in [0.29, 0.717) is 6.04 Å². The van der Waals surface area contributed by atoms with Gasteiger partial charge in [0, 0.05) is 25.2 Å². The standard InChI is InChI=1S/C14H20BrN3S/c1-4-5-16-13(11-7-14(15)19-9-11)8-12-6-10(2)17-18(12)3/h6-7,9,13,16H,4-5,8H2,1-3H3. The van der Waals surface area contributed by atoms with E-state index in [4.69, 9.17) is 0 Å². The molecular formula is C14H20BrN3S. The minimum absolute atomic E-state index is 0.359. The normalized spacial score (nSPS) is 12.8. The average molecular weight is 342 g/mol. The molecule has 0 aliphatic rings. The van der Waals surface area contributed by atoms with Gasteiger partial charge < -0.3 is 5.32 Å². The molecule has 1 atom stereocenters. The number of nitrogens with one attached hydrogen (secondary N) is 1. The lowest BCUT2D eigenvalue weighted by Gasteiger charge is -2.17. The monoisotopic (exact) mass is 341 g/mol. The smallest absolute Gasteiger partial charge is 0.0701 e. The number of hydrogen-bond donors (Lipinski definition) is 1. The third-order valence-electron chi connectivity index (χ3n) is 3.14. The molecule has 2 aromatic heterocycles. The van der Waals surface area contributed by atoms with E-state index in [2.05, 4.69) is 50.8 Å². The van der Waals surface area contributed by atoms with Crippen LogP contribution in [0.3, 0.4) is 0 Å². The molecule has 2 rings (SSSR count). The van der Waals surface area contributed by atoms with Crippen LogP contribution in [0, 0.1) is 6.92 Å². The molecule has 1 unspecified atom stereocenters. The number of thiophene rings is 1. The highest BCUT2D eigenvalue weighted by atomic mass is 79.9. The topological polar surface area (TPSA) is 29.9 Å². The maximum Gasteiger partial charge on any atom is 0.0701 e. The number of aryl methyl sites for hydroxylation is 2. The van der Waals surface area contributed by atoms with Crippen LogP contribution in [0.25, 0.3) is 0 Å². The molecule has 0 saturated carbocycles. The van der Waals surface area contributed by atoms with Crippen LogP contribution in [0.4, 0.5) is 0 Å². The van der Waals surface area contributed by atoms with E-state index in [1.165, 1.54) is 15.0 Å². The van der Waals surface area contributed by atoms with Gasteiger partial charge in [-0.25, -0.2) is 0 Å². The molecule has 2 aromatic rings. The first-order valence-corrected chi connectivity index (χ1v) is 8.24. The molecule has 0 spiro atoms. The fourth-order valence-corrected chi connectivity index (χ4v) is 3.43. The molecular weight excluding hydrogens is 322 g/mol. The summed E-state index contributed by atoms with van der Waals surface area (Å²) in [6.07, 6.45) is 2.12. The highest BCUT2D eigenvalue weighted by Crippen LogP contribution is 2.27. The molecule has 0 aromatic carbocycles. The van der Waals surface area contributed by atoms with Crippen LogP contribution in [0.5, 0.6) is 0 Å². The summed E-state index contributed by atoms with van der Waals surface area (Å²) in [5, 5.41) is 10.3. The van der Waals surface area contributed by atoms with Crippen molar-refractivity contribution in [1.29, 1.82) is 0 Å². The van der Waals surface area contributed by atoms with Crippen molar-refractivity contribution in [2.45, 2.75) is 32.7 Å². The summed E-state index contributed by atoms with van der Waals surface area (Å²) < 4.78 is 3.17. The molecule has 0 bridgehead atoms. The lowest BCUT2D eigenvalue weighted by molar-refractivity contribution is 0.513. The zero-order valence-electron chi connectivity index (χ0n) is 11.6. The first-order valence-electron chi connectivity index (χ1n) is 6.57. The van der Waals surface area contributed by atoms with Gasteiger partial charge in [-0.2, -0.15) is 5.10 Å². The molecule has 5 heteroatoms. The van der Waals surface area contributed by atoms with Gasteiger partial charge in [0.2, 0.25) is 0 Å². The molecule has 0 radical (unpaired) electrons. The van der Waals surface area contributed by atoms with Crippen LogP contribution >= 0.6 is 27.3 Å². The second-order valence-corrected chi connectivity index (χ2v) is 7.09. The van der Waals surface area contributed by atoms with Crippen LogP contribution in [-0.4, -0.2) is 16.3 Å². The Bertz CT molecular complexity index is 533. The third kappa shape index (κ3) is 3.91. The van der Waals surface area contributed by atoms with Crippen LogP contribution in [-0.2, 0) is 13.5 Å². The van der Waals surface area contributed by atoms with Gasteiger partial charge in [0.1, 0.15) is 0 Å². The fraction of sp³-hybridized carbons (Fsp3) is 0.500. The summed E-state index contributed by atoms with van der Waals surface area (Å²) in [6.45, 7) is 5.27. The lowest BCUT2D eigenvalue weighted by atomic mass is 10.0. The van der Waals surface area contributed by atoms with E-state index in [9.17, 15) is 0 Å². The highest BCUT2D eigenvalue weighted by molar-refractivity contribution is 9.11. The van der Waals surface area contributed by atoms with Gasteiger partial charge in [0.05, 0.1) is 9.48 Å². The molecule has 1 N–H and O–H groups in total. The minimum atomic E-state index is 0.359. The van der Waals surface area contributed by atoms with Crippen molar-refractivity contribution < 1.29 is 0 Å². The molecule has 19 heavy (non-hydrogen) atoms. The van der Waals surface area contributed by atoms with Crippen molar-refractivity contribution >= 4 is 27.3 Å². The molecule has 2 heterocycles. The van der Waals surface area contributed by atoms with Gasteiger partial charge in [-0.1, -0.05) is 6.92 Å². The van der Waals surface area contributed by atoms with Crippen molar-refractivity contribution in [2.75, 3.05) is 6.54 Å². The maximum atomic E-state index is 4.43. The van der Waals surface area contributed by atoms with Gasteiger partial charge >= 0.3 is 0 Å². The second-order valence-electron chi connectivity index (χ2n) is 4.80. The van der Waals surface area contributed by atoms with Gasteiger partial charge in [-0.3, -0.25) is 4.68 Å². The van der Waals surface area contributed by atoms with Crippen LogP contribution < -0.4 is 5.32 Å². The number of halogens is 1. The minimum Gasteiger partial charge on any atom is -0.310 e. The SMILES string of the molecule is CCCNC(Cc1cc(C)nn1C)c1csc(Br)c1. The summed E-state index contributed by atoms with van der Waals surface area (Å²) >= 11 is 5.29. The van der Waals surface area contributed by atoms with Crippen molar-refractivity contribution in [3.05, 3.63) is 38.3 Å². The summed E-state index contributed by atoms with van der Waals surface area (Å²) in [5.41, 5.74) is 3.70. The number of rotatable bonds is 6. The van der Waals surface area contributed by atoms with Gasteiger partial charge in [0.15, 0.2) is 0 Å². The van der Waals surface area contributed by atoms with Crippen molar-refractivity contribution in [3.8, 4) is 0 Å². The quantitative estimate of drug-likeness (QED) is 0.865. The summed E-state index contributed by atoms with van der Waals surface area (Å²) in [7, 11) is 2.02. The van der Waals surface area contributed by atoms with Crippen molar-refractivity contribution in [2.24, 2.45) is 7.05 Å². The van der Waals surface area contributed by atoms with Crippen LogP contribution in [0.2, 0.25) is 0 Å². The zero-order chi connectivity index (χ0) is 13.8. The molecule has 0 amide bonds. The van der Waals surface area contributed by atoms with Gasteiger partial charge in [0.25, 0.3) is 0 Å². The zero-order valence-corrected chi connectivity index (χ0v) is 14.0. The largest absolute Gasteiger partial charge is 0.310 e. The molecule has 0 aliphatic carbocycles. The highest BCUT2D eigenvalue weighted by Gasteiger charge is 2.15.